The van der Waals surface area contributed by atoms with Crippen LogP contribution >= 0.6 is 0 Å². The first-order chi connectivity index (χ1) is 15.5. The number of hydrogen-bond donors (Lipinski definition) is 1. The molecule has 0 atom stereocenters. The third-order valence-corrected chi connectivity index (χ3v) is 5.67. The van der Waals surface area contributed by atoms with Crippen LogP contribution in [0.25, 0.3) is 0 Å². The maximum absolute atomic E-state index is 13.4. The summed E-state index contributed by atoms with van der Waals surface area (Å²) in [5, 5.41) is 5.97. The molecule has 1 aliphatic heterocycles. The molecule has 172 valence electrons. The maximum Gasteiger partial charge on any atom is 0.340 e. The van der Waals surface area contributed by atoms with Crippen molar-refractivity contribution >= 4 is 17.6 Å². The fourth-order valence-electron chi connectivity index (χ4n) is 4.02. The molecular weight excluding hydrogens is 410 g/mol. The van der Waals surface area contributed by atoms with Crippen LogP contribution in [0.3, 0.4) is 0 Å². The molecule has 0 spiro atoms. The topological polar surface area (TPSA) is 80.3 Å². The summed E-state index contributed by atoms with van der Waals surface area (Å²) in [7, 11) is 4.47. The molecule has 0 aromatic heterocycles. The van der Waals surface area contributed by atoms with Crippen molar-refractivity contribution in [1.82, 2.24) is 10.0 Å². The van der Waals surface area contributed by atoms with Gasteiger partial charge in [0, 0.05) is 18.8 Å². The Labute approximate surface area is 189 Å². The van der Waals surface area contributed by atoms with Crippen LogP contribution in [0.4, 0.5) is 10.5 Å². The number of carbonyl (C=O) groups excluding carboxylic acids is 2. The average molecular weight is 442 g/mol. The summed E-state index contributed by atoms with van der Waals surface area (Å²) in [4.78, 5) is 26.7. The smallest absolute Gasteiger partial charge is 0.340 e. The normalized spacial score (nSPS) is 13.2. The fraction of sp³-hybridized carbons (Fsp3) is 0.417. The molecule has 3 amide bonds. The van der Waals surface area contributed by atoms with E-state index in [0.29, 0.717) is 36.6 Å². The summed E-state index contributed by atoms with van der Waals surface area (Å²) in [6.07, 6.45) is 2.29. The van der Waals surface area contributed by atoms with E-state index >= 15 is 0 Å². The zero-order chi connectivity index (χ0) is 23.3. The largest absolute Gasteiger partial charge is 0.493 e. The van der Waals surface area contributed by atoms with Gasteiger partial charge in [-0.25, -0.2) is 14.8 Å². The minimum Gasteiger partial charge on any atom is -0.493 e. The Hall–Kier alpha value is -3.42. The van der Waals surface area contributed by atoms with Crippen LogP contribution in [0.15, 0.2) is 30.3 Å². The number of nitrogens with one attached hydrogen (secondary N) is 1. The van der Waals surface area contributed by atoms with E-state index in [1.54, 1.807) is 12.1 Å². The molecule has 1 heterocycles. The van der Waals surface area contributed by atoms with E-state index in [1.165, 1.54) is 31.3 Å². The van der Waals surface area contributed by atoms with E-state index in [-0.39, 0.29) is 17.7 Å². The van der Waals surface area contributed by atoms with Crippen LogP contribution in [0, 0.1) is 0 Å². The van der Waals surface area contributed by atoms with Gasteiger partial charge in [0.15, 0.2) is 11.5 Å². The molecule has 0 unspecified atom stereocenters. The summed E-state index contributed by atoms with van der Waals surface area (Å²) in [5.74, 6) is 0.726. The number of amides is 3. The number of carbonyl (C=O) groups is 2. The Bertz CT molecular complexity index is 970. The number of hydrogen-bond acceptors (Lipinski definition) is 5. The van der Waals surface area contributed by atoms with E-state index in [4.69, 9.17) is 14.2 Å². The van der Waals surface area contributed by atoms with Gasteiger partial charge in [0.05, 0.1) is 26.9 Å². The van der Waals surface area contributed by atoms with Crippen LogP contribution in [0.1, 0.15) is 41.8 Å². The third kappa shape index (κ3) is 4.30. The summed E-state index contributed by atoms with van der Waals surface area (Å²) in [6.45, 7) is 4.99. The zero-order valence-corrected chi connectivity index (χ0v) is 19.4. The second-order valence-corrected chi connectivity index (χ2v) is 7.38. The highest BCUT2D eigenvalue weighted by Gasteiger charge is 2.34. The molecule has 1 aliphatic rings. The van der Waals surface area contributed by atoms with Gasteiger partial charge in [-0.05, 0) is 42.5 Å². The van der Waals surface area contributed by atoms with Gasteiger partial charge < -0.3 is 19.5 Å². The van der Waals surface area contributed by atoms with Crippen LogP contribution < -0.4 is 19.5 Å². The molecule has 0 aliphatic carbocycles. The average Bonchev–Trinajstić information content (AvgIpc) is 3.32. The van der Waals surface area contributed by atoms with Crippen molar-refractivity contribution in [1.29, 1.82) is 0 Å². The number of aryl methyl sites for hydroxylation is 2. The molecule has 3 rings (SSSR count). The Morgan fingerprint density at radius 3 is 2.06 bits per heavy atom. The molecule has 2 aromatic rings. The second kappa shape index (κ2) is 10.3. The van der Waals surface area contributed by atoms with Gasteiger partial charge in [0.2, 0.25) is 5.75 Å². The molecule has 1 N–H and O–H groups in total. The first-order valence-corrected chi connectivity index (χ1v) is 10.8. The van der Waals surface area contributed by atoms with Crippen molar-refractivity contribution in [3.05, 3.63) is 47.0 Å². The Balaban J connectivity index is 1.90. The van der Waals surface area contributed by atoms with Gasteiger partial charge >= 0.3 is 6.03 Å². The Morgan fingerprint density at radius 2 is 1.50 bits per heavy atom. The van der Waals surface area contributed by atoms with Crippen LogP contribution in [0.5, 0.6) is 17.2 Å². The minimum absolute atomic E-state index is 0.272. The van der Waals surface area contributed by atoms with E-state index in [9.17, 15) is 9.59 Å². The van der Waals surface area contributed by atoms with Crippen LogP contribution in [-0.2, 0) is 12.8 Å². The van der Waals surface area contributed by atoms with Crippen molar-refractivity contribution in [2.75, 3.05) is 39.7 Å². The number of anilines is 1. The van der Waals surface area contributed by atoms with E-state index in [0.717, 1.165) is 29.7 Å². The molecule has 2 aromatic carbocycles. The lowest BCUT2D eigenvalue weighted by atomic mass is 10.0. The molecular formula is C24H31N3O5. The molecule has 0 saturated carbocycles. The molecule has 1 fully saturated rings. The predicted octanol–water partition coefficient (Wildman–Crippen LogP) is 4.13. The van der Waals surface area contributed by atoms with Crippen molar-refractivity contribution in [3.63, 3.8) is 0 Å². The molecule has 32 heavy (non-hydrogen) atoms. The van der Waals surface area contributed by atoms with E-state index in [1.807, 2.05) is 18.2 Å². The third-order valence-electron chi connectivity index (χ3n) is 5.67. The van der Waals surface area contributed by atoms with Crippen LogP contribution in [0.2, 0.25) is 0 Å². The molecule has 1 saturated heterocycles. The lowest BCUT2D eigenvalue weighted by Gasteiger charge is -2.29. The van der Waals surface area contributed by atoms with Gasteiger partial charge in [-0.15, -0.1) is 0 Å². The first kappa shape index (κ1) is 23.2. The minimum atomic E-state index is -0.338. The lowest BCUT2D eigenvalue weighted by molar-refractivity contribution is 0.0400. The number of rotatable bonds is 7. The molecule has 0 bridgehead atoms. The highest BCUT2D eigenvalue weighted by molar-refractivity contribution is 6.00. The number of methoxy groups -OCH3 is 3. The highest BCUT2D eigenvalue weighted by Crippen LogP contribution is 2.40. The van der Waals surface area contributed by atoms with Crippen molar-refractivity contribution in [3.8, 4) is 17.2 Å². The highest BCUT2D eigenvalue weighted by atomic mass is 16.5. The van der Waals surface area contributed by atoms with Gasteiger partial charge in [-0.3, -0.25) is 4.79 Å². The van der Waals surface area contributed by atoms with Crippen LogP contribution in [-0.4, -0.2) is 56.4 Å². The van der Waals surface area contributed by atoms with Gasteiger partial charge in [0.1, 0.15) is 0 Å². The quantitative estimate of drug-likeness (QED) is 0.699. The number of nitrogens with zero attached hydrogens (tertiary/aromatic N) is 2. The molecule has 0 radical (unpaired) electrons. The predicted molar refractivity (Wildman–Crippen MR) is 123 cm³/mol. The zero-order valence-electron chi connectivity index (χ0n) is 19.4. The van der Waals surface area contributed by atoms with E-state index in [2.05, 4.69) is 19.2 Å². The van der Waals surface area contributed by atoms with Crippen molar-refractivity contribution < 1.29 is 23.8 Å². The maximum atomic E-state index is 13.4. The fourth-order valence-corrected chi connectivity index (χ4v) is 4.02. The standard InChI is InChI=1S/C24H31N3O5/c1-6-16-10-8-11-17(7-2)20(16)25-24(29)27-15-9-14-26(27)23(28)18-12-13-19(30-3)22(32-5)21(18)31-4/h8,10-13H,6-7,9,14-15H2,1-5H3,(H,25,29). The molecule has 8 heteroatoms. The summed E-state index contributed by atoms with van der Waals surface area (Å²) < 4.78 is 16.2. The summed E-state index contributed by atoms with van der Waals surface area (Å²) in [6, 6.07) is 8.97. The SMILES string of the molecule is CCc1cccc(CC)c1NC(=O)N1CCCN1C(=O)c1ccc(OC)c(OC)c1OC. The van der Waals surface area contributed by atoms with Crippen molar-refractivity contribution in [2.45, 2.75) is 33.1 Å². The Kier molecular flexibility index (Phi) is 7.45. The number of urea groups is 1. The Morgan fingerprint density at radius 1 is 0.875 bits per heavy atom. The first-order valence-electron chi connectivity index (χ1n) is 10.8. The van der Waals surface area contributed by atoms with Gasteiger partial charge in [-0.1, -0.05) is 32.0 Å². The van der Waals surface area contributed by atoms with Gasteiger partial charge in [-0.2, -0.15) is 0 Å². The monoisotopic (exact) mass is 441 g/mol. The number of ether oxygens (including phenoxy) is 3. The van der Waals surface area contributed by atoms with E-state index < -0.39 is 0 Å². The summed E-state index contributed by atoms with van der Waals surface area (Å²) in [5.41, 5.74) is 3.26. The second-order valence-electron chi connectivity index (χ2n) is 7.38. The number of hydrazine groups is 1. The number of para-hydroxylation sites is 1. The van der Waals surface area contributed by atoms with Gasteiger partial charge in [0.25, 0.3) is 5.91 Å². The summed E-state index contributed by atoms with van der Waals surface area (Å²) >= 11 is 0. The number of benzene rings is 2. The van der Waals surface area contributed by atoms with Crippen molar-refractivity contribution in [2.24, 2.45) is 0 Å². The molecule has 8 nitrogen and oxygen atoms in total. The lowest BCUT2D eigenvalue weighted by Crippen LogP contribution is -2.47.